The predicted octanol–water partition coefficient (Wildman–Crippen LogP) is 3.16. The molecule has 0 amide bonds. The van der Waals surface area contributed by atoms with Crippen molar-refractivity contribution >= 4 is 35.2 Å². The third-order valence-corrected chi connectivity index (χ3v) is 3.53. The molecule has 0 radical (unpaired) electrons. The van der Waals surface area contributed by atoms with Crippen LogP contribution in [0.5, 0.6) is 0 Å². The van der Waals surface area contributed by atoms with Crippen LogP contribution in [0.15, 0.2) is 11.0 Å². The minimum atomic E-state index is -2.59. The van der Waals surface area contributed by atoms with Gasteiger partial charge in [0.2, 0.25) is 0 Å². The van der Waals surface area contributed by atoms with E-state index in [1.54, 1.807) is 5.51 Å². The van der Waals surface area contributed by atoms with Gasteiger partial charge in [0.1, 0.15) is 10.6 Å². The Bertz CT molecular complexity index is 525. The minimum absolute atomic E-state index is 0.153. The summed E-state index contributed by atoms with van der Waals surface area (Å²) in [5.74, 6) is 0. The molecule has 0 aliphatic carbocycles. The number of carbonyl (C=O) groups excluding carboxylic acids is 2. The maximum absolute atomic E-state index is 11.9. The van der Waals surface area contributed by atoms with Gasteiger partial charge in [0.15, 0.2) is 12.6 Å². The van der Waals surface area contributed by atoms with Crippen molar-refractivity contribution in [2.24, 2.45) is 0 Å². The molecule has 0 fully saturated rings. The van der Waals surface area contributed by atoms with Crippen molar-refractivity contribution in [1.29, 1.82) is 0 Å². The number of halogens is 2. The van der Waals surface area contributed by atoms with Gasteiger partial charge in [-0.15, -0.1) is 22.7 Å². The lowest BCUT2D eigenvalue weighted by Crippen LogP contribution is -1.87. The normalized spacial score (nSPS) is 9.78. The zero-order valence-electron chi connectivity index (χ0n) is 9.17. The molecule has 4 nitrogen and oxygen atoms in total. The van der Waals surface area contributed by atoms with Crippen molar-refractivity contribution in [2.45, 2.75) is 13.3 Å². The average molecular weight is 290 g/mol. The van der Waals surface area contributed by atoms with Crippen LogP contribution in [0.4, 0.5) is 8.78 Å². The molecule has 2 aromatic rings. The van der Waals surface area contributed by atoms with Gasteiger partial charge < -0.3 is 0 Å². The van der Waals surface area contributed by atoms with Gasteiger partial charge in [-0.3, -0.25) is 9.59 Å². The summed E-state index contributed by atoms with van der Waals surface area (Å²) in [5.41, 5.74) is 3.56. The highest BCUT2D eigenvalue weighted by Gasteiger charge is 2.14. The summed E-state index contributed by atoms with van der Waals surface area (Å²) < 4.78 is 23.7. The summed E-state index contributed by atoms with van der Waals surface area (Å²) in [6, 6.07) is 0. The van der Waals surface area contributed by atoms with Crippen LogP contribution in [0, 0.1) is 6.92 Å². The molecule has 0 saturated heterocycles. The summed E-state index contributed by atoms with van der Waals surface area (Å²) in [6.07, 6.45) is -1.43. The summed E-state index contributed by atoms with van der Waals surface area (Å²) in [4.78, 5) is 27.8. The number of aryl methyl sites for hydroxylation is 1. The maximum atomic E-state index is 11.9. The minimum Gasteiger partial charge on any atom is -0.297 e. The molecule has 0 unspecified atom stereocenters. The molecule has 0 spiro atoms. The molecule has 0 N–H and O–H groups in total. The average Bonchev–Trinajstić information content (AvgIpc) is 2.97. The Morgan fingerprint density at radius 2 is 1.83 bits per heavy atom. The lowest BCUT2D eigenvalue weighted by Gasteiger charge is -1.90. The van der Waals surface area contributed by atoms with Crippen LogP contribution in [0.25, 0.3) is 0 Å². The van der Waals surface area contributed by atoms with E-state index in [4.69, 9.17) is 0 Å². The van der Waals surface area contributed by atoms with Crippen molar-refractivity contribution < 1.29 is 18.4 Å². The molecule has 0 aromatic carbocycles. The Kier molecular flexibility index (Phi) is 5.66. The molecule has 8 heteroatoms. The number of nitrogens with zero attached hydrogens (tertiary/aromatic N) is 2. The standard InChI is InChI=1S/C5H3F2NOS.C5H5NOS/c6-5(7)4-3(1-9)8-2-10-4;1-4-5(2-7)8-3-6-4/h1-2,5H;2-3H,1H3. The Hall–Kier alpha value is -1.54. The van der Waals surface area contributed by atoms with E-state index in [0.29, 0.717) is 6.29 Å². The lowest BCUT2D eigenvalue weighted by molar-refractivity contribution is 0.110. The first-order valence-corrected chi connectivity index (χ1v) is 6.38. The number of hydrogen-bond donors (Lipinski definition) is 0. The smallest absolute Gasteiger partial charge is 0.275 e. The first-order valence-electron chi connectivity index (χ1n) is 4.62. The number of alkyl halides is 2. The van der Waals surface area contributed by atoms with E-state index < -0.39 is 6.43 Å². The van der Waals surface area contributed by atoms with Crippen molar-refractivity contribution in [1.82, 2.24) is 9.97 Å². The summed E-state index contributed by atoms with van der Waals surface area (Å²) in [5, 5.41) is 0. The molecule has 2 aromatic heterocycles. The third-order valence-electron chi connectivity index (χ3n) is 1.82. The van der Waals surface area contributed by atoms with Gasteiger partial charge in [0.25, 0.3) is 6.43 Å². The number of hydrogen-bond acceptors (Lipinski definition) is 6. The van der Waals surface area contributed by atoms with Crippen molar-refractivity contribution in [3.8, 4) is 0 Å². The number of rotatable bonds is 3. The van der Waals surface area contributed by atoms with Gasteiger partial charge in [-0.05, 0) is 6.92 Å². The Labute approximate surface area is 109 Å². The molecule has 0 bridgehead atoms. The maximum Gasteiger partial charge on any atom is 0.275 e. The van der Waals surface area contributed by atoms with Gasteiger partial charge >= 0.3 is 0 Å². The summed E-state index contributed by atoms with van der Waals surface area (Å²) >= 11 is 2.16. The second-order valence-corrected chi connectivity index (χ2v) is 4.71. The first-order chi connectivity index (χ1) is 8.60. The van der Waals surface area contributed by atoms with Crippen molar-refractivity contribution in [3.63, 3.8) is 0 Å². The molecule has 96 valence electrons. The molecular formula is C10H8F2N2O2S2. The fourth-order valence-electron chi connectivity index (χ4n) is 0.940. The third kappa shape index (κ3) is 3.74. The van der Waals surface area contributed by atoms with E-state index in [9.17, 15) is 18.4 Å². The van der Waals surface area contributed by atoms with Crippen LogP contribution < -0.4 is 0 Å². The lowest BCUT2D eigenvalue weighted by atomic mass is 10.4. The van der Waals surface area contributed by atoms with E-state index in [0.717, 1.165) is 28.2 Å². The quantitative estimate of drug-likeness (QED) is 0.815. The topological polar surface area (TPSA) is 59.9 Å². The molecule has 18 heavy (non-hydrogen) atoms. The first kappa shape index (κ1) is 14.5. The second kappa shape index (κ2) is 7.02. The van der Waals surface area contributed by atoms with Crippen LogP contribution in [0.2, 0.25) is 0 Å². The number of aromatic nitrogens is 2. The van der Waals surface area contributed by atoms with Gasteiger partial charge in [-0.2, -0.15) is 0 Å². The van der Waals surface area contributed by atoms with Crippen molar-refractivity contribution in [3.05, 3.63) is 32.2 Å². The van der Waals surface area contributed by atoms with Gasteiger partial charge in [0.05, 0.1) is 21.6 Å². The molecule has 0 aliphatic rings. The van der Waals surface area contributed by atoms with Gasteiger partial charge in [-0.25, -0.2) is 18.7 Å². The Morgan fingerprint density at radius 1 is 1.17 bits per heavy atom. The number of thiazole rings is 2. The highest BCUT2D eigenvalue weighted by molar-refractivity contribution is 7.11. The van der Waals surface area contributed by atoms with Gasteiger partial charge in [0, 0.05) is 0 Å². The van der Waals surface area contributed by atoms with Crippen molar-refractivity contribution in [2.75, 3.05) is 0 Å². The highest BCUT2D eigenvalue weighted by atomic mass is 32.1. The van der Waals surface area contributed by atoms with Crippen LogP contribution >= 0.6 is 22.7 Å². The monoisotopic (exact) mass is 290 g/mol. The summed E-state index contributed by atoms with van der Waals surface area (Å²) in [6.45, 7) is 1.82. The van der Waals surface area contributed by atoms with Crippen LogP contribution in [-0.4, -0.2) is 22.5 Å². The molecule has 0 aliphatic heterocycles. The van der Waals surface area contributed by atoms with Crippen LogP contribution in [0.3, 0.4) is 0 Å². The number of carbonyl (C=O) groups is 2. The zero-order chi connectivity index (χ0) is 13.5. The van der Waals surface area contributed by atoms with Crippen LogP contribution in [0.1, 0.15) is 37.2 Å². The molecule has 2 heterocycles. The fourth-order valence-corrected chi connectivity index (χ4v) is 2.15. The molecule has 0 saturated carbocycles. The second-order valence-electron chi connectivity index (χ2n) is 2.94. The Morgan fingerprint density at radius 3 is 2.17 bits per heavy atom. The Balaban J connectivity index is 0.000000184. The zero-order valence-corrected chi connectivity index (χ0v) is 10.8. The molecule has 0 atom stereocenters. The van der Waals surface area contributed by atoms with E-state index in [2.05, 4.69) is 9.97 Å². The fraction of sp³-hybridized carbons (Fsp3) is 0.200. The van der Waals surface area contributed by atoms with E-state index in [-0.39, 0.29) is 10.6 Å². The van der Waals surface area contributed by atoms with E-state index in [1.165, 1.54) is 16.8 Å². The van der Waals surface area contributed by atoms with Crippen LogP contribution in [-0.2, 0) is 0 Å². The summed E-state index contributed by atoms with van der Waals surface area (Å²) in [7, 11) is 0. The molecular weight excluding hydrogens is 282 g/mol. The SMILES string of the molecule is Cc1ncsc1C=O.O=Cc1ncsc1C(F)F. The molecule has 2 rings (SSSR count). The number of aldehydes is 2. The van der Waals surface area contributed by atoms with E-state index in [1.807, 2.05) is 6.92 Å². The largest absolute Gasteiger partial charge is 0.297 e. The highest BCUT2D eigenvalue weighted by Crippen LogP contribution is 2.24. The van der Waals surface area contributed by atoms with Gasteiger partial charge in [-0.1, -0.05) is 0 Å². The predicted molar refractivity (Wildman–Crippen MR) is 64.7 cm³/mol. The van der Waals surface area contributed by atoms with E-state index >= 15 is 0 Å².